The van der Waals surface area contributed by atoms with Crippen molar-refractivity contribution < 1.29 is 8.83 Å². The van der Waals surface area contributed by atoms with Gasteiger partial charge in [-0.1, -0.05) is 127 Å². The Morgan fingerprint density at radius 1 is 0.377 bits per heavy atom. The molecule has 4 heterocycles. The highest BCUT2D eigenvalue weighted by Crippen LogP contribution is 2.42. The van der Waals surface area contributed by atoms with Gasteiger partial charge in [0.1, 0.15) is 27.3 Å². The molecule has 0 aliphatic rings. The van der Waals surface area contributed by atoms with E-state index >= 15 is 0 Å². The van der Waals surface area contributed by atoms with Gasteiger partial charge in [-0.25, -0.2) is 19.9 Å². The Bertz CT molecular complexity index is 3150. The molecule has 7 aromatic carbocycles. The number of para-hydroxylation sites is 3. The van der Waals surface area contributed by atoms with E-state index in [0.717, 1.165) is 87.8 Å². The zero-order valence-corrected chi connectivity index (χ0v) is 28.8. The van der Waals surface area contributed by atoms with Gasteiger partial charge in [0.25, 0.3) is 0 Å². The molecule has 4 aromatic heterocycles. The molecular formula is C46H26N4O2S. The van der Waals surface area contributed by atoms with E-state index in [9.17, 15) is 0 Å². The van der Waals surface area contributed by atoms with Crippen molar-refractivity contribution in [1.82, 2.24) is 19.9 Å². The topological polar surface area (TPSA) is 77.8 Å². The largest absolute Gasteiger partial charge is 0.456 e. The first-order valence-electron chi connectivity index (χ1n) is 17.4. The molecule has 0 saturated carbocycles. The first-order chi connectivity index (χ1) is 26.2. The fraction of sp³-hybridized carbons (Fsp3) is 0. The summed E-state index contributed by atoms with van der Waals surface area (Å²) in [5.41, 5.74) is 10.0. The Balaban J connectivity index is 1.08. The highest BCUT2D eigenvalue weighted by molar-refractivity contribution is 7.21. The van der Waals surface area contributed by atoms with Gasteiger partial charge in [0.15, 0.2) is 17.5 Å². The Morgan fingerprint density at radius 2 is 0.962 bits per heavy atom. The summed E-state index contributed by atoms with van der Waals surface area (Å²) in [5.74, 6) is 1.73. The standard InChI is InChI=1S/C46H26N4O2S/c1-2-11-28(12-3-1)43-48-44(33-16-9-20-37-40(33)31-13-4-6-19-36(31)51-37)50-45(49-43)34-17-10-21-38-41(34)32-15-8-14-30(42(32)52-38)27-23-25-29(26-24-27)46-47-35-18-5-7-22-39(35)53-46/h1-26H. The van der Waals surface area contributed by atoms with Gasteiger partial charge < -0.3 is 8.83 Å². The number of benzene rings is 7. The Hall–Kier alpha value is -6.96. The van der Waals surface area contributed by atoms with Crippen LogP contribution in [0.1, 0.15) is 0 Å². The summed E-state index contributed by atoms with van der Waals surface area (Å²) in [5, 5.41) is 4.95. The van der Waals surface area contributed by atoms with Crippen LogP contribution in [0, 0.1) is 0 Å². The van der Waals surface area contributed by atoms with Crippen LogP contribution in [-0.2, 0) is 0 Å². The summed E-state index contributed by atoms with van der Waals surface area (Å²) < 4.78 is 14.1. The molecule has 0 saturated heterocycles. The fourth-order valence-corrected chi connectivity index (χ4v) is 8.31. The van der Waals surface area contributed by atoms with Gasteiger partial charge in [-0.15, -0.1) is 11.3 Å². The van der Waals surface area contributed by atoms with Crippen LogP contribution >= 0.6 is 11.3 Å². The van der Waals surface area contributed by atoms with Crippen LogP contribution in [0.2, 0.25) is 0 Å². The van der Waals surface area contributed by atoms with Gasteiger partial charge in [0.05, 0.1) is 10.2 Å². The van der Waals surface area contributed by atoms with Crippen LogP contribution in [0.25, 0.3) is 110 Å². The van der Waals surface area contributed by atoms with Crippen molar-refractivity contribution in [3.8, 4) is 55.9 Å². The lowest BCUT2D eigenvalue weighted by Crippen LogP contribution is -2.00. The zero-order valence-electron chi connectivity index (χ0n) is 28.0. The van der Waals surface area contributed by atoms with Crippen molar-refractivity contribution >= 4 is 65.4 Å². The summed E-state index contributed by atoms with van der Waals surface area (Å²) in [6, 6.07) is 53.4. The van der Waals surface area contributed by atoms with Crippen molar-refractivity contribution in [3.05, 3.63) is 158 Å². The van der Waals surface area contributed by atoms with Crippen LogP contribution in [0.3, 0.4) is 0 Å². The van der Waals surface area contributed by atoms with Gasteiger partial charge in [-0.05, 0) is 35.9 Å². The molecule has 0 atom stereocenters. The molecule has 6 nitrogen and oxygen atoms in total. The predicted octanol–water partition coefficient (Wildman–Crippen LogP) is 12.6. The molecule has 0 radical (unpaired) electrons. The van der Waals surface area contributed by atoms with Crippen molar-refractivity contribution in [2.24, 2.45) is 0 Å². The Kier molecular flexibility index (Phi) is 6.62. The van der Waals surface area contributed by atoms with E-state index in [1.807, 2.05) is 78.9 Å². The maximum Gasteiger partial charge on any atom is 0.164 e. The number of furan rings is 2. The maximum absolute atomic E-state index is 6.69. The van der Waals surface area contributed by atoms with Gasteiger partial charge in [-0.3, -0.25) is 0 Å². The van der Waals surface area contributed by atoms with E-state index in [2.05, 4.69) is 78.9 Å². The molecule has 7 heteroatoms. The second-order valence-corrected chi connectivity index (χ2v) is 14.0. The molecule has 0 aliphatic carbocycles. The summed E-state index contributed by atoms with van der Waals surface area (Å²) in [7, 11) is 0. The summed E-state index contributed by atoms with van der Waals surface area (Å²) >= 11 is 1.71. The van der Waals surface area contributed by atoms with Crippen molar-refractivity contribution in [2.75, 3.05) is 0 Å². The minimum Gasteiger partial charge on any atom is -0.456 e. The van der Waals surface area contributed by atoms with Crippen LogP contribution in [0.5, 0.6) is 0 Å². The van der Waals surface area contributed by atoms with Gasteiger partial charge >= 0.3 is 0 Å². The smallest absolute Gasteiger partial charge is 0.164 e. The Morgan fingerprint density at radius 3 is 1.75 bits per heavy atom. The minimum atomic E-state index is 0.567. The second-order valence-electron chi connectivity index (χ2n) is 13.0. The highest BCUT2D eigenvalue weighted by Gasteiger charge is 2.21. The molecule has 11 rings (SSSR count). The van der Waals surface area contributed by atoms with E-state index in [1.165, 1.54) is 4.70 Å². The molecule has 0 aliphatic heterocycles. The first-order valence-corrected chi connectivity index (χ1v) is 18.2. The number of thiazole rings is 1. The minimum absolute atomic E-state index is 0.567. The second kappa shape index (κ2) is 11.8. The van der Waals surface area contributed by atoms with Gasteiger partial charge in [0.2, 0.25) is 0 Å². The maximum atomic E-state index is 6.69. The van der Waals surface area contributed by atoms with E-state index in [-0.39, 0.29) is 0 Å². The lowest BCUT2D eigenvalue weighted by molar-refractivity contribution is 0.669. The van der Waals surface area contributed by atoms with E-state index in [0.29, 0.717) is 17.5 Å². The molecule has 0 bridgehead atoms. The normalized spacial score (nSPS) is 11.8. The lowest BCUT2D eigenvalue weighted by atomic mass is 9.99. The van der Waals surface area contributed by atoms with Crippen molar-refractivity contribution in [1.29, 1.82) is 0 Å². The molecular weight excluding hydrogens is 673 g/mol. The summed E-state index contributed by atoms with van der Waals surface area (Å²) in [6.45, 7) is 0. The SMILES string of the molecule is c1ccc(-c2nc(-c3cccc4oc5ccccc5c34)nc(-c3cccc4oc5c(-c6ccc(-c7nc8ccccc8s7)cc6)cccc5c34)n2)cc1. The summed E-state index contributed by atoms with van der Waals surface area (Å²) in [6.07, 6.45) is 0. The molecule has 248 valence electrons. The molecule has 0 amide bonds. The van der Waals surface area contributed by atoms with Crippen LogP contribution in [-0.4, -0.2) is 19.9 Å². The molecule has 53 heavy (non-hydrogen) atoms. The van der Waals surface area contributed by atoms with Crippen molar-refractivity contribution in [2.45, 2.75) is 0 Å². The average molecular weight is 699 g/mol. The third-order valence-corrected chi connectivity index (χ3v) is 10.9. The molecule has 11 aromatic rings. The Labute approximate surface area is 306 Å². The average Bonchev–Trinajstić information content (AvgIpc) is 3.94. The quantitative estimate of drug-likeness (QED) is 0.178. The molecule has 0 N–H and O–H groups in total. The molecule has 0 fully saturated rings. The number of aromatic nitrogens is 4. The predicted molar refractivity (Wildman–Crippen MR) is 215 cm³/mol. The van der Waals surface area contributed by atoms with E-state index in [4.69, 9.17) is 28.8 Å². The number of hydrogen-bond acceptors (Lipinski definition) is 7. The third kappa shape index (κ3) is 4.86. The third-order valence-electron chi connectivity index (χ3n) is 9.81. The van der Waals surface area contributed by atoms with Crippen LogP contribution in [0.15, 0.2) is 167 Å². The van der Waals surface area contributed by atoms with Gasteiger partial charge in [-0.2, -0.15) is 0 Å². The monoisotopic (exact) mass is 698 g/mol. The van der Waals surface area contributed by atoms with E-state index in [1.54, 1.807) is 11.3 Å². The lowest BCUT2D eigenvalue weighted by Gasteiger charge is -2.10. The summed E-state index contributed by atoms with van der Waals surface area (Å²) in [4.78, 5) is 20.2. The first kappa shape index (κ1) is 29.7. The fourth-order valence-electron chi connectivity index (χ4n) is 7.34. The highest BCUT2D eigenvalue weighted by atomic mass is 32.1. The zero-order chi connectivity index (χ0) is 34.9. The van der Waals surface area contributed by atoms with Crippen LogP contribution in [0.4, 0.5) is 0 Å². The van der Waals surface area contributed by atoms with E-state index < -0.39 is 0 Å². The number of nitrogens with zero attached hydrogens (tertiary/aromatic N) is 4. The number of hydrogen-bond donors (Lipinski definition) is 0. The molecule has 0 unspecified atom stereocenters. The number of fused-ring (bicyclic) bond motifs is 7. The van der Waals surface area contributed by atoms with Gasteiger partial charge in [0, 0.05) is 49.4 Å². The van der Waals surface area contributed by atoms with Crippen LogP contribution < -0.4 is 0 Å². The van der Waals surface area contributed by atoms with Crippen molar-refractivity contribution in [3.63, 3.8) is 0 Å². The number of rotatable bonds is 5. The molecule has 0 spiro atoms.